The molecule has 1 aliphatic carbocycles. The lowest BCUT2D eigenvalue weighted by atomic mass is 9.95. The second-order valence-electron chi connectivity index (χ2n) is 8.12. The average Bonchev–Trinajstić information content (AvgIpc) is 3.41. The van der Waals surface area contributed by atoms with Crippen LogP contribution in [0, 0.1) is 5.92 Å². The van der Waals surface area contributed by atoms with Gasteiger partial charge in [-0.05, 0) is 73.6 Å². The van der Waals surface area contributed by atoms with Crippen LogP contribution in [0.25, 0.3) is 11.5 Å². The number of nitrogens with zero attached hydrogens (tertiary/aromatic N) is 1. The molecule has 1 aromatic carbocycles. The summed E-state index contributed by atoms with van der Waals surface area (Å²) in [6, 6.07) is 7.64. The number of carbonyl (C=O) groups is 1. The molecule has 1 saturated carbocycles. The molecule has 6 nitrogen and oxygen atoms in total. The lowest BCUT2D eigenvalue weighted by Crippen LogP contribution is -2.03. The van der Waals surface area contributed by atoms with E-state index in [2.05, 4.69) is 17.6 Å². The van der Waals surface area contributed by atoms with Crippen LogP contribution in [0.3, 0.4) is 0 Å². The number of aromatic nitrogens is 1. The number of carboxylic acid groups (broad SMARTS) is 1. The summed E-state index contributed by atoms with van der Waals surface area (Å²) < 4.78 is 17.1. The van der Waals surface area contributed by atoms with Crippen LogP contribution in [0.4, 0.5) is 0 Å². The molecule has 0 aliphatic heterocycles. The van der Waals surface area contributed by atoms with E-state index in [1.807, 2.05) is 44.2 Å². The highest BCUT2D eigenvalue weighted by molar-refractivity contribution is 5.66. The molecule has 0 radical (unpaired) electrons. The molecular formula is C27H33NO5. The first-order chi connectivity index (χ1) is 15.9. The lowest BCUT2D eigenvalue weighted by Gasteiger charge is -2.11. The van der Waals surface area contributed by atoms with E-state index in [9.17, 15) is 4.79 Å². The van der Waals surface area contributed by atoms with Crippen molar-refractivity contribution in [2.24, 2.45) is 5.92 Å². The molecule has 2 aromatic rings. The largest absolute Gasteiger partial charge is 0.497 e. The number of carboxylic acids is 1. The van der Waals surface area contributed by atoms with Gasteiger partial charge in [0.1, 0.15) is 17.3 Å². The number of methoxy groups -OCH3 is 1. The maximum Gasteiger partial charge on any atom is 0.303 e. The number of hydrogen-bond acceptors (Lipinski definition) is 5. The average molecular weight is 452 g/mol. The van der Waals surface area contributed by atoms with E-state index in [-0.39, 0.29) is 6.42 Å². The standard InChI is InChI=1S/C27H33NO5/c1-5-23-19(11-14-26(29)30)7-8-21(23)17-18(3)32-16-15-24-25(6-2)33-27(28-24)20-9-12-22(31-4)13-10-20/h5,9-10,12-13,17,19H,3,6-8,11,14-16H2,1-2,4H3,(H,29,30). The van der Waals surface area contributed by atoms with E-state index < -0.39 is 5.97 Å². The van der Waals surface area contributed by atoms with Gasteiger partial charge < -0.3 is 19.0 Å². The van der Waals surface area contributed by atoms with E-state index >= 15 is 0 Å². The van der Waals surface area contributed by atoms with Crippen LogP contribution in [0.1, 0.15) is 51.0 Å². The normalized spacial score (nSPS) is 18.1. The molecule has 3 rings (SSSR count). The van der Waals surface area contributed by atoms with E-state index in [4.69, 9.17) is 19.0 Å². The molecule has 1 unspecified atom stereocenters. The Bertz CT molecular complexity index is 1030. The first-order valence-electron chi connectivity index (χ1n) is 11.5. The van der Waals surface area contributed by atoms with Gasteiger partial charge in [0.05, 0.1) is 19.4 Å². The van der Waals surface area contributed by atoms with Crippen molar-refractivity contribution in [3.63, 3.8) is 0 Å². The quantitative estimate of drug-likeness (QED) is 0.414. The Morgan fingerprint density at radius 3 is 2.73 bits per heavy atom. The highest BCUT2D eigenvalue weighted by Gasteiger charge is 2.25. The van der Waals surface area contributed by atoms with Crippen LogP contribution in [0.5, 0.6) is 5.75 Å². The Hall–Kier alpha value is -3.28. The van der Waals surface area contributed by atoms with Crippen LogP contribution in [-0.2, 0) is 22.4 Å². The van der Waals surface area contributed by atoms with Gasteiger partial charge in [0.2, 0.25) is 5.89 Å². The summed E-state index contributed by atoms with van der Waals surface area (Å²) in [5.74, 6) is 2.41. The van der Waals surface area contributed by atoms with Gasteiger partial charge >= 0.3 is 5.97 Å². The third kappa shape index (κ3) is 6.37. The van der Waals surface area contributed by atoms with Crippen molar-refractivity contribution in [3.8, 4) is 17.2 Å². The first kappa shape index (κ1) is 24.4. The fraction of sp³-hybridized carbons (Fsp3) is 0.407. The summed E-state index contributed by atoms with van der Waals surface area (Å²) in [6.45, 7) is 8.56. The maximum atomic E-state index is 10.9. The highest BCUT2D eigenvalue weighted by atomic mass is 16.5. The minimum Gasteiger partial charge on any atom is -0.497 e. The Kier molecular flexibility index (Phi) is 8.52. The molecular weight excluding hydrogens is 418 g/mol. The van der Waals surface area contributed by atoms with Crippen molar-refractivity contribution in [1.29, 1.82) is 0 Å². The number of ether oxygens (including phenoxy) is 2. The molecule has 0 bridgehead atoms. The van der Waals surface area contributed by atoms with Crippen LogP contribution < -0.4 is 4.74 Å². The zero-order valence-corrected chi connectivity index (χ0v) is 19.7. The summed E-state index contributed by atoms with van der Waals surface area (Å²) in [5.41, 5.74) is 4.21. The monoisotopic (exact) mass is 451 g/mol. The fourth-order valence-corrected chi connectivity index (χ4v) is 4.29. The Balaban J connectivity index is 1.58. The second kappa shape index (κ2) is 11.5. The Morgan fingerprint density at radius 1 is 1.33 bits per heavy atom. The molecule has 1 aliphatic rings. The summed E-state index contributed by atoms with van der Waals surface area (Å²) in [4.78, 5) is 15.6. The van der Waals surface area contributed by atoms with Gasteiger partial charge in [-0.3, -0.25) is 4.79 Å². The van der Waals surface area contributed by atoms with Gasteiger partial charge in [-0.25, -0.2) is 4.98 Å². The fourth-order valence-electron chi connectivity index (χ4n) is 4.29. The Labute approximate surface area is 195 Å². The third-order valence-corrected chi connectivity index (χ3v) is 5.99. The molecule has 0 amide bonds. The van der Waals surface area contributed by atoms with Crippen molar-refractivity contribution < 1.29 is 23.8 Å². The van der Waals surface area contributed by atoms with E-state index in [0.29, 0.717) is 37.0 Å². The number of allylic oxidation sites excluding steroid dienone is 4. The molecule has 0 saturated heterocycles. The number of hydrogen-bond donors (Lipinski definition) is 1. The molecule has 1 aromatic heterocycles. The van der Waals surface area contributed by atoms with Gasteiger partial charge in [0.25, 0.3) is 0 Å². The van der Waals surface area contributed by atoms with Crippen molar-refractivity contribution in [1.82, 2.24) is 4.98 Å². The van der Waals surface area contributed by atoms with Gasteiger partial charge in [0, 0.05) is 24.8 Å². The number of benzene rings is 1. The second-order valence-corrected chi connectivity index (χ2v) is 8.12. The van der Waals surface area contributed by atoms with Crippen LogP contribution in [0.2, 0.25) is 0 Å². The van der Waals surface area contributed by atoms with Crippen molar-refractivity contribution >= 4 is 5.97 Å². The minimum absolute atomic E-state index is 0.197. The summed E-state index contributed by atoms with van der Waals surface area (Å²) in [6.07, 6.45) is 8.21. The van der Waals surface area contributed by atoms with Gasteiger partial charge in [-0.15, -0.1) is 0 Å². The van der Waals surface area contributed by atoms with E-state index in [0.717, 1.165) is 42.0 Å². The smallest absolute Gasteiger partial charge is 0.303 e. The number of oxazole rings is 1. The number of rotatable bonds is 11. The zero-order valence-electron chi connectivity index (χ0n) is 19.7. The van der Waals surface area contributed by atoms with Crippen LogP contribution >= 0.6 is 0 Å². The van der Waals surface area contributed by atoms with Crippen molar-refractivity contribution in [3.05, 3.63) is 71.4 Å². The molecule has 0 spiro atoms. The predicted octanol–water partition coefficient (Wildman–Crippen LogP) is 6.13. The third-order valence-electron chi connectivity index (χ3n) is 5.99. The molecule has 1 heterocycles. The van der Waals surface area contributed by atoms with E-state index in [1.54, 1.807) is 7.11 Å². The zero-order chi connectivity index (χ0) is 23.8. The minimum atomic E-state index is -0.745. The SMILES string of the molecule is C=C(C=C1CCC(CCC(=O)O)C1=CC)OCCc1nc(-c2ccc(OC)cc2)oc1CC. The van der Waals surface area contributed by atoms with Crippen LogP contribution in [-0.4, -0.2) is 29.8 Å². The van der Waals surface area contributed by atoms with Gasteiger partial charge in [0.15, 0.2) is 0 Å². The molecule has 1 fully saturated rings. The summed E-state index contributed by atoms with van der Waals surface area (Å²) >= 11 is 0. The molecule has 1 N–H and O–H groups in total. The number of aliphatic carboxylic acids is 1. The summed E-state index contributed by atoms with van der Waals surface area (Å²) in [7, 11) is 1.64. The number of aryl methyl sites for hydroxylation is 1. The molecule has 1 atom stereocenters. The lowest BCUT2D eigenvalue weighted by molar-refractivity contribution is -0.137. The first-order valence-corrected chi connectivity index (χ1v) is 11.5. The molecule has 33 heavy (non-hydrogen) atoms. The maximum absolute atomic E-state index is 10.9. The molecule has 176 valence electrons. The summed E-state index contributed by atoms with van der Waals surface area (Å²) in [5, 5.41) is 8.98. The van der Waals surface area contributed by atoms with Crippen LogP contribution in [0.15, 0.2) is 64.3 Å². The van der Waals surface area contributed by atoms with Gasteiger partial charge in [-0.2, -0.15) is 0 Å². The predicted molar refractivity (Wildman–Crippen MR) is 128 cm³/mol. The highest BCUT2D eigenvalue weighted by Crippen LogP contribution is 2.39. The topological polar surface area (TPSA) is 81.8 Å². The van der Waals surface area contributed by atoms with Gasteiger partial charge in [-0.1, -0.05) is 19.6 Å². The van der Waals surface area contributed by atoms with Crippen molar-refractivity contribution in [2.75, 3.05) is 13.7 Å². The van der Waals surface area contributed by atoms with E-state index in [1.165, 1.54) is 11.1 Å². The molecule has 6 heteroatoms. The van der Waals surface area contributed by atoms with Crippen molar-refractivity contribution in [2.45, 2.75) is 52.4 Å². The Morgan fingerprint density at radius 2 is 2.09 bits per heavy atom.